The van der Waals surface area contributed by atoms with Gasteiger partial charge in [0.1, 0.15) is 6.54 Å². The van der Waals surface area contributed by atoms with Gasteiger partial charge in [0.05, 0.1) is 22.2 Å². The van der Waals surface area contributed by atoms with E-state index in [-0.39, 0.29) is 40.6 Å². The Labute approximate surface area is 150 Å². The largest absolute Gasteiger partial charge is 0.338 e. The van der Waals surface area contributed by atoms with Crippen molar-refractivity contribution >= 4 is 22.5 Å². The number of likely N-dealkylation sites (N-methyl/N-ethyl adjacent to an activating group) is 1. The maximum Gasteiger partial charge on any atom is 0.271 e. The lowest BCUT2D eigenvalue weighted by atomic mass is 9.94. The molecule has 26 heavy (non-hydrogen) atoms. The summed E-state index contributed by atoms with van der Waals surface area (Å²) in [7, 11) is 0. The number of aromatic nitrogens is 2. The highest BCUT2D eigenvalue weighted by atomic mass is 16.6. The summed E-state index contributed by atoms with van der Waals surface area (Å²) in [6, 6.07) is 4.18. The highest BCUT2D eigenvalue weighted by Crippen LogP contribution is 2.23. The van der Waals surface area contributed by atoms with Gasteiger partial charge in [0.25, 0.3) is 11.2 Å². The van der Waals surface area contributed by atoms with Crippen molar-refractivity contribution in [2.45, 2.75) is 51.6 Å². The molecule has 8 nitrogen and oxygen atoms in total. The van der Waals surface area contributed by atoms with Gasteiger partial charge in [-0.05, 0) is 25.8 Å². The lowest BCUT2D eigenvalue weighted by Gasteiger charge is -2.33. The molecular formula is C18H22N4O4. The molecule has 1 aliphatic rings. The van der Waals surface area contributed by atoms with Gasteiger partial charge in [0.15, 0.2) is 0 Å². The van der Waals surface area contributed by atoms with Gasteiger partial charge in [-0.15, -0.1) is 0 Å². The number of benzene rings is 1. The van der Waals surface area contributed by atoms with Crippen molar-refractivity contribution in [2.75, 3.05) is 6.54 Å². The fourth-order valence-corrected chi connectivity index (χ4v) is 3.64. The number of hydrogen-bond acceptors (Lipinski definition) is 5. The highest BCUT2D eigenvalue weighted by molar-refractivity contribution is 5.80. The van der Waals surface area contributed by atoms with Crippen LogP contribution in [0.3, 0.4) is 0 Å². The van der Waals surface area contributed by atoms with Crippen LogP contribution in [0.25, 0.3) is 10.9 Å². The Morgan fingerprint density at radius 2 is 2.08 bits per heavy atom. The summed E-state index contributed by atoms with van der Waals surface area (Å²) < 4.78 is 1.28. The molecule has 0 unspecified atom stereocenters. The molecule has 2 aromatic rings. The normalized spacial score (nSPS) is 15.1. The Balaban J connectivity index is 1.84. The molecule has 1 fully saturated rings. The highest BCUT2D eigenvalue weighted by Gasteiger charge is 2.24. The Bertz CT molecular complexity index is 886. The summed E-state index contributed by atoms with van der Waals surface area (Å²) in [5.74, 6) is -0.0930. The van der Waals surface area contributed by atoms with Crippen molar-refractivity contribution < 1.29 is 9.72 Å². The number of amides is 1. The summed E-state index contributed by atoms with van der Waals surface area (Å²) >= 11 is 0. The molecule has 0 N–H and O–H groups in total. The summed E-state index contributed by atoms with van der Waals surface area (Å²) in [5, 5.41) is 11.1. The van der Waals surface area contributed by atoms with E-state index in [0.29, 0.717) is 6.54 Å². The van der Waals surface area contributed by atoms with E-state index in [9.17, 15) is 19.7 Å². The molecule has 3 rings (SSSR count). The lowest BCUT2D eigenvalue weighted by molar-refractivity contribution is -0.384. The molecule has 0 saturated heterocycles. The second-order valence-corrected chi connectivity index (χ2v) is 6.61. The molecule has 0 aliphatic heterocycles. The molecular weight excluding hydrogens is 336 g/mol. The fraction of sp³-hybridized carbons (Fsp3) is 0.500. The minimum Gasteiger partial charge on any atom is -0.338 e. The molecule has 138 valence electrons. The van der Waals surface area contributed by atoms with Crippen LogP contribution in [0.1, 0.15) is 39.0 Å². The molecule has 0 bridgehead atoms. The first-order chi connectivity index (χ1) is 12.5. The number of carbonyl (C=O) groups is 1. The Hall–Kier alpha value is -2.77. The standard InChI is InChI=1S/C18H22N4O4/c1-2-21(13-6-4-3-5-7-13)17(23)11-20-12-19-16-10-14(22(25)26)8-9-15(16)18(20)24/h8-10,12-13H,2-7,11H2,1H3. The maximum absolute atomic E-state index is 12.7. The zero-order chi connectivity index (χ0) is 18.7. The third kappa shape index (κ3) is 3.58. The first-order valence-corrected chi connectivity index (χ1v) is 8.94. The molecule has 1 aliphatic carbocycles. The average Bonchev–Trinajstić information content (AvgIpc) is 2.65. The number of nitro groups is 1. The zero-order valence-electron chi connectivity index (χ0n) is 14.8. The van der Waals surface area contributed by atoms with Gasteiger partial charge < -0.3 is 4.90 Å². The van der Waals surface area contributed by atoms with Crippen molar-refractivity contribution in [2.24, 2.45) is 0 Å². The molecule has 0 radical (unpaired) electrons. The molecule has 1 amide bonds. The second kappa shape index (κ2) is 7.63. The Morgan fingerprint density at radius 1 is 1.35 bits per heavy atom. The van der Waals surface area contributed by atoms with Crippen molar-refractivity contribution in [1.82, 2.24) is 14.5 Å². The molecule has 1 saturated carbocycles. The first-order valence-electron chi connectivity index (χ1n) is 8.94. The average molecular weight is 358 g/mol. The van der Waals surface area contributed by atoms with E-state index in [2.05, 4.69) is 4.98 Å². The number of nitrogens with zero attached hydrogens (tertiary/aromatic N) is 4. The van der Waals surface area contributed by atoms with E-state index in [1.807, 2.05) is 11.8 Å². The first kappa shape index (κ1) is 18.0. The van der Waals surface area contributed by atoms with E-state index in [1.165, 1.54) is 35.5 Å². The fourth-order valence-electron chi connectivity index (χ4n) is 3.64. The van der Waals surface area contributed by atoms with Crippen LogP contribution in [0.5, 0.6) is 0 Å². The Kier molecular flexibility index (Phi) is 5.29. The van der Waals surface area contributed by atoms with Gasteiger partial charge in [0.2, 0.25) is 5.91 Å². The van der Waals surface area contributed by atoms with Crippen molar-refractivity contribution in [3.63, 3.8) is 0 Å². The van der Waals surface area contributed by atoms with Crippen LogP contribution in [0.2, 0.25) is 0 Å². The van der Waals surface area contributed by atoms with Gasteiger partial charge in [-0.3, -0.25) is 24.3 Å². The van der Waals surface area contributed by atoms with Crippen LogP contribution in [-0.4, -0.2) is 37.9 Å². The van der Waals surface area contributed by atoms with Crippen molar-refractivity contribution in [1.29, 1.82) is 0 Å². The monoisotopic (exact) mass is 358 g/mol. The molecule has 0 atom stereocenters. The van der Waals surface area contributed by atoms with Crippen LogP contribution in [0, 0.1) is 10.1 Å². The zero-order valence-corrected chi connectivity index (χ0v) is 14.8. The van der Waals surface area contributed by atoms with E-state index in [4.69, 9.17) is 0 Å². The van der Waals surface area contributed by atoms with Crippen molar-refractivity contribution in [3.05, 3.63) is 45.0 Å². The number of non-ortho nitro benzene ring substituents is 1. The second-order valence-electron chi connectivity index (χ2n) is 6.61. The smallest absolute Gasteiger partial charge is 0.271 e. The predicted molar refractivity (Wildman–Crippen MR) is 96.9 cm³/mol. The Morgan fingerprint density at radius 3 is 2.73 bits per heavy atom. The van der Waals surface area contributed by atoms with Gasteiger partial charge in [0, 0.05) is 24.7 Å². The third-order valence-corrected chi connectivity index (χ3v) is 5.00. The lowest BCUT2D eigenvalue weighted by Crippen LogP contribution is -2.44. The van der Waals surface area contributed by atoms with Gasteiger partial charge in [-0.2, -0.15) is 0 Å². The van der Waals surface area contributed by atoms with Crippen LogP contribution in [-0.2, 0) is 11.3 Å². The van der Waals surface area contributed by atoms with Gasteiger partial charge in [-0.1, -0.05) is 19.3 Å². The number of hydrogen-bond donors (Lipinski definition) is 0. The van der Waals surface area contributed by atoms with Crippen LogP contribution in [0.15, 0.2) is 29.3 Å². The van der Waals surface area contributed by atoms with Crippen LogP contribution < -0.4 is 5.56 Å². The summed E-state index contributed by atoms with van der Waals surface area (Å²) in [6.07, 6.45) is 6.78. The number of carbonyl (C=O) groups excluding carboxylic acids is 1. The number of rotatable bonds is 5. The van der Waals surface area contributed by atoms with E-state index in [1.54, 1.807) is 0 Å². The molecule has 1 aromatic heterocycles. The SMILES string of the molecule is CCN(C(=O)Cn1cnc2cc([N+](=O)[O-])ccc2c1=O)C1CCCCC1. The number of nitro benzene ring substituents is 1. The van der Waals surface area contributed by atoms with E-state index < -0.39 is 4.92 Å². The molecule has 1 heterocycles. The predicted octanol–water partition coefficient (Wildman–Crippen LogP) is 2.49. The van der Waals surface area contributed by atoms with Gasteiger partial charge in [-0.25, -0.2) is 4.98 Å². The summed E-state index contributed by atoms with van der Waals surface area (Å²) in [5.41, 5.74) is -0.224. The summed E-state index contributed by atoms with van der Waals surface area (Å²) in [4.78, 5) is 41.6. The molecule has 1 aromatic carbocycles. The molecule has 8 heteroatoms. The van der Waals surface area contributed by atoms with Crippen LogP contribution >= 0.6 is 0 Å². The van der Waals surface area contributed by atoms with Gasteiger partial charge >= 0.3 is 0 Å². The molecule has 0 spiro atoms. The maximum atomic E-state index is 12.7. The minimum absolute atomic E-state index is 0.0664. The third-order valence-electron chi connectivity index (χ3n) is 5.00. The number of fused-ring (bicyclic) bond motifs is 1. The van der Waals surface area contributed by atoms with Crippen molar-refractivity contribution in [3.8, 4) is 0 Å². The van der Waals surface area contributed by atoms with E-state index >= 15 is 0 Å². The quantitative estimate of drug-likeness (QED) is 0.604. The van der Waals surface area contributed by atoms with E-state index in [0.717, 1.165) is 25.7 Å². The van der Waals surface area contributed by atoms with Crippen LogP contribution in [0.4, 0.5) is 5.69 Å². The summed E-state index contributed by atoms with van der Waals surface area (Å²) in [6.45, 7) is 2.50. The minimum atomic E-state index is -0.528. The topological polar surface area (TPSA) is 98.3 Å².